The third kappa shape index (κ3) is 2.99. The maximum Gasteiger partial charge on any atom is 0.322 e. The average Bonchev–Trinajstić information content (AvgIpc) is 3.04. The Hall–Kier alpha value is -1.14. The van der Waals surface area contributed by atoms with E-state index in [1.54, 1.807) is 0 Å². The molecule has 0 radical (unpaired) electrons. The molecule has 1 spiro atoms. The van der Waals surface area contributed by atoms with Crippen molar-refractivity contribution in [1.29, 1.82) is 0 Å². The summed E-state index contributed by atoms with van der Waals surface area (Å²) in [7, 11) is 0. The van der Waals surface area contributed by atoms with Crippen molar-refractivity contribution >= 4 is 11.9 Å². The van der Waals surface area contributed by atoms with Crippen LogP contribution in [-0.2, 0) is 9.53 Å². The van der Waals surface area contributed by atoms with Gasteiger partial charge in [0.2, 0.25) is 0 Å². The summed E-state index contributed by atoms with van der Waals surface area (Å²) in [6.07, 6.45) is 4.78. The number of urea groups is 1. The summed E-state index contributed by atoms with van der Waals surface area (Å²) in [6, 6.07) is 0.0867. The van der Waals surface area contributed by atoms with Gasteiger partial charge in [-0.3, -0.25) is 10.1 Å². The van der Waals surface area contributed by atoms with Gasteiger partial charge in [-0.05, 0) is 43.9 Å². The van der Waals surface area contributed by atoms with Crippen LogP contribution in [0.2, 0.25) is 0 Å². The predicted octanol–water partition coefficient (Wildman–Crippen LogP) is 1.16. The first kappa shape index (κ1) is 15.7. The number of hydrogen-bond acceptors (Lipinski definition) is 4. The Bertz CT molecular complexity index is 444. The molecule has 3 aliphatic rings. The minimum Gasteiger partial charge on any atom is -0.378 e. The molecule has 0 aromatic heterocycles. The van der Waals surface area contributed by atoms with Crippen molar-refractivity contribution in [2.24, 2.45) is 11.8 Å². The Morgan fingerprint density at radius 1 is 1.27 bits per heavy atom. The zero-order chi connectivity index (χ0) is 15.7. The summed E-state index contributed by atoms with van der Waals surface area (Å²) in [5.74, 6) is 0.992. The lowest BCUT2D eigenvalue weighted by molar-refractivity contribution is -0.125. The lowest BCUT2D eigenvalue weighted by atomic mass is 9.79. The number of amides is 3. The van der Waals surface area contributed by atoms with E-state index >= 15 is 0 Å². The standard InChI is InChI=1S/C16H27N3O3/c1-10(2)13-11(5-8-22-13)9-17-12-3-6-16(7-4-12)14(20)18-15(21)19-16/h10-13,17H,3-9H2,1-2H3,(H2,18,19,20,21)/t11-,12?,13-,16?/m1/s1. The first-order valence-electron chi connectivity index (χ1n) is 8.49. The summed E-state index contributed by atoms with van der Waals surface area (Å²) in [6.45, 7) is 6.29. The fourth-order valence-corrected chi connectivity index (χ4v) is 4.12. The highest BCUT2D eigenvalue weighted by atomic mass is 16.5. The van der Waals surface area contributed by atoms with Crippen LogP contribution in [0.5, 0.6) is 0 Å². The Kier molecular flexibility index (Phi) is 4.41. The van der Waals surface area contributed by atoms with Crippen molar-refractivity contribution in [3.8, 4) is 0 Å². The molecule has 2 saturated heterocycles. The summed E-state index contributed by atoms with van der Waals surface area (Å²) < 4.78 is 5.83. The molecular weight excluding hydrogens is 282 g/mol. The van der Waals surface area contributed by atoms with Gasteiger partial charge in [-0.1, -0.05) is 13.8 Å². The van der Waals surface area contributed by atoms with Crippen molar-refractivity contribution in [1.82, 2.24) is 16.0 Å². The largest absolute Gasteiger partial charge is 0.378 e. The van der Waals surface area contributed by atoms with E-state index < -0.39 is 5.54 Å². The number of carbonyl (C=O) groups is 2. The molecule has 0 unspecified atom stereocenters. The number of rotatable bonds is 4. The van der Waals surface area contributed by atoms with Crippen LogP contribution < -0.4 is 16.0 Å². The van der Waals surface area contributed by atoms with Crippen molar-refractivity contribution in [2.45, 2.75) is 63.6 Å². The lowest BCUT2D eigenvalue weighted by Crippen LogP contribution is -2.52. The third-order valence-corrected chi connectivity index (χ3v) is 5.44. The van der Waals surface area contributed by atoms with E-state index in [9.17, 15) is 9.59 Å². The number of imide groups is 1. The van der Waals surface area contributed by atoms with Crippen LogP contribution in [0.25, 0.3) is 0 Å². The molecule has 3 amide bonds. The SMILES string of the molecule is CC(C)[C@H]1OCC[C@@H]1CNC1CCC2(CC1)NC(=O)NC2=O. The monoisotopic (exact) mass is 309 g/mol. The zero-order valence-corrected chi connectivity index (χ0v) is 13.5. The van der Waals surface area contributed by atoms with E-state index in [2.05, 4.69) is 29.8 Å². The summed E-state index contributed by atoms with van der Waals surface area (Å²) in [5.41, 5.74) is -0.647. The van der Waals surface area contributed by atoms with Crippen LogP contribution in [-0.4, -0.2) is 42.8 Å². The Balaban J connectivity index is 1.46. The fourth-order valence-electron chi connectivity index (χ4n) is 4.12. The first-order valence-corrected chi connectivity index (χ1v) is 8.49. The number of hydrogen-bond donors (Lipinski definition) is 3. The van der Waals surface area contributed by atoms with E-state index in [0.29, 0.717) is 24.0 Å². The Morgan fingerprint density at radius 2 is 2.00 bits per heavy atom. The van der Waals surface area contributed by atoms with E-state index in [4.69, 9.17) is 4.74 Å². The van der Waals surface area contributed by atoms with E-state index in [-0.39, 0.29) is 11.9 Å². The van der Waals surface area contributed by atoms with Gasteiger partial charge < -0.3 is 15.4 Å². The molecule has 3 N–H and O–H groups in total. The molecule has 1 aliphatic carbocycles. The molecule has 22 heavy (non-hydrogen) atoms. The van der Waals surface area contributed by atoms with Gasteiger partial charge >= 0.3 is 6.03 Å². The van der Waals surface area contributed by atoms with Crippen molar-refractivity contribution in [2.75, 3.05) is 13.2 Å². The molecule has 3 fully saturated rings. The fraction of sp³-hybridized carbons (Fsp3) is 0.875. The van der Waals surface area contributed by atoms with Crippen LogP contribution in [0, 0.1) is 11.8 Å². The molecule has 0 aromatic rings. The van der Waals surface area contributed by atoms with Crippen LogP contribution in [0.15, 0.2) is 0 Å². The van der Waals surface area contributed by atoms with Gasteiger partial charge in [0.25, 0.3) is 5.91 Å². The molecule has 2 atom stereocenters. The van der Waals surface area contributed by atoms with E-state index in [0.717, 1.165) is 45.3 Å². The minimum atomic E-state index is -0.647. The molecule has 0 aromatic carbocycles. The van der Waals surface area contributed by atoms with Gasteiger partial charge in [0, 0.05) is 19.2 Å². The number of ether oxygens (including phenoxy) is 1. The summed E-state index contributed by atoms with van der Waals surface area (Å²) >= 11 is 0. The predicted molar refractivity (Wildman–Crippen MR) is 82.3 cm³/mol. The van der Waals surface area contributed by atoms with Gasteiger partial charge in [-0.15, -0.1) is 0 Å². The quantitative estimate of drug-likeness (QED) is 0.681. The molecule has 2 heterocycles. The molecule has 2 aliphatic heterocycles. The van der Waals surface area contributed by atoms with Crippen LogP contribution in [0.3, 0.4) is 0 Å². The van der Waals surface area contributed by atoms with Crippen LogP contribution >= 0.6 is 0 Å². The van der Waals surface area contributed by atoms with Gasteiger partial charge in [0.05, 0.1) is 6.10 Å². The van der Waals surface area contributed by atoms with Crippen LogP contribution in [0.4, 0.5) is 4.79 Å². The molecule has 6 heteroatoms. The maximum absolute atomic E-state index is 11.9. The normalized spacial score (nSPS) is 38.6. The molecule has 0 bridgehead atoms. The molecule has 6 nitrogen and oxygen atoms in total. The van der Waals surface area contributed by atoms with Gasteiger partial charge in [0.15, 0.2) is 0 Å². The number of carbonyl (C=O) groups excluding carboxylic acids is 2. The zero-order valence-electron chi connectivity index (χ0n) is 13.5. The van der Waals surface area contributed by atoms with E-state index in [1.165, 1.54) is 0 Å². The molecular formula is C16H27N3O3. The summed E-state index contributed by atoms with van der Waals surface area (Å²) in [4.78, 5) is 23.3. The topological polar surface area (TPSA) is 79.5 Å². The second-order valence-electron chi connectivity index (χ2n) is 7.30. The Morgan fingerprint density at radius 3 is 2.59 bits per heavy atom. The smallest absolute Gasteiger partial charge is 0.322 e. The lowest BCUT2D eigenvalue weighted by Gasteiger charge is -2.35. The van der Waals surface area contributed by atoms with Crippen molar-refractivity contribution in [3.63, 3.8) is 0 Å². The third-order valence-electron chi connectivity index (χ3n) is 5.44. The highest BCUT2D eigenvalue weighted by molar-refractivity contribution is 6.07. The summed E-state index contributed by atoms with van der Waals surface area (Å²) in [5, 5.41) is 8.83. The molecule has 1 saturated carbocycles. The van der Waals surface area contributed by atoms with Gasteiger partial charge in [-0.2, -0.15) is 0 Å². The highest BCUT2D eigenvalue weighted by Crippen LogP contribution is 2.32. The Labute approximate surface area is 131 Å². The number of nitrogens with one attached hydrogen (secondary N) is 3. The first-order chi connectivity index (χ1) is 10.5. The molecule has 124 valence electrons. The van der Waals surface area contributed by atoms with Crippen LogP contribution in [0.1, 0.15) is 46.0 Å². The van der Waals surface area contributed by atoms with Gasteiger partial charge in [-0.25, -0.2) is 4.79 Å². The highest BCUT2D eigenvalue weighted by Gasteiger charge is 2.48. The second-order valence-corrected chi connectivity index (χ2v) is 7.30. The second kappa shape index (κ2) is 6.16. The average molecular weight is 309 g/mol. The molecule has 3 rings (SSSR count). The van der Waals surface area contributed by atoms with E-state index in [1.807, 2.05) is 0 Å². The minimum absolute atomic E-state index is 0.153. The van der Waals surface area contributed by atoms with Crippen molar-refractivity contribution in [3.05, 3.63) is 0 Å². The van der Waals surface area contributed by atoms with Gasteiger partial charge in [0.1, 0.15) is 5.54 Å². The van der Waals surface area contributed by atoms with Crippen molar-refractivity contribution < 1.29 is 14.3 Å². The maximum atomic E-state index is 11.9.